The number of carbonyl (C=O) groups excluding carboxylic acids is 1. The number of carbonyl (C=O) groups is 1. The molecule has 1 heterocycles. The second kappa shape index (κ2) is 4.49. The van der Waals surface area contributed by atoms with E-state index in [0.29, 0.717) is 12.1 Å². The number of nitrogens with two attached hydrogens (primary N) is 2. The Balaban J connectivity index is 1.99. The third-order valence-corrected chi connectivity index (χ3v) is 3.78. The predicted octanol–water partition coefficient (Wildman–Crippen LogP) is 0.206. The molecule has 0 spiro atoms. The number of rotatable bonds is 2. The van der Waals surface area contributed by atoms with Gasteiger partial charge in [0.25, 0.3) is 0 Å². The van der Waals surface area contributed by atoms with Gasteiger partial charge in [-0.15, -0.1) is 0 Å². The monoisotopic (exact) mass is 211 g/mol. The van der Waals surface area contributed by atoms with Crippen LogP contribution in [-0.4, -0.2) is 35.5 Å². The molecule has 1 aliphatic carbocycles. The fourth-order valence-electron chi connectivity index (χ4n) is 3.03. The fraction of sp³-hybridized carbons (Fsp3) is 0.909. The highest BCUT2D eigenvalue weighted by molar-refractivity contribution is 5.80. The maximum atomic E-state index is 11.3. The van der Waals surface area contributed by atoms with Crippen LogP contribution in [-0.2, 0) is 4.79 Å². The third-order valence-electron chi connectivity index (χ3n) is 3.78. The summed E-state index contributed by atoms with van der Waals surface area (Å²) in [5.74, 6) is -0.161. The predicted molar refractivity (Wildman–Crippen MR) is 59.2 cm³/mol. The minimum atomic E-state index is -0.161. The average Bonchev–Trinajstić information content (AvgIpc) is 2.65. The van der Waals surface area contributed by atoms with Gasteiger partial charge in [-0.05, 0) is 38.6 Å². The van der Waals surface area contributed by atoms with E-state index < -0.39 is 0 Å². The Kier molecular flexibility index (Phi) is 3.26. The van der Waals surface area contributed by atoms with E-state index in [0.717, 1.165) is 32.2 Å². The van der Waals surface area contributed by atoms with Gasteiger partial charge in [-0.25, -0.2) is 0 Å². The largest absolute Gasteiger partial charge is 0.368 e. The average molecular weight is 211 g/mol. The van der Waals surface area contributed by atoms with Crippen LogP contribution >= 0.6 is 0 Å². The van der Waals surface area contributed by atoms with Crippen LogP contribution in [0.4, 0.5) is 0 Å². The molecule has 3 atom stereocenters. The first-order chi connectivity index (χ1) is 7.18. The van der Waals surface area contributed by atoms with E-state index in [4.69, 9.17) is 11.5 Å². The molecule has 1 saturated carbocycles. The van der Waals surface area contributed by atoms with Gasteiger partial charge < -0.3 is 11.5 Å². The summed E-state index contributed by atoms with van der Waals surface area (Å²) < 4.78 is 0. The molecule has 2 aliphatic rings. The Hall–Kier alpha value is -0.610. The SMILES string of the molecule is NC(=O)C1CCCN1C1CCCC(N)C1. The Labute approximate surface area is 91.0 Å². The highest BCUT2D eigenvalue weighted by Gasteiger charge is 2.35. The lowest BCUT2D eigenvalue weighted by molar-refractivity contribution is -0.123. The maximum absolute atomic E-state index is 11.3. The highest BCUT2D eigenvalue weighted by atomic mass is 16.1. The van der Waals surface area contributed by atoms with Crippen LogP contribution in [0.5, 0.6) is 0 Å². The summed E-state index contributed by atoms with van der Waals surface area (Å²) in [6.45, 7) is 1.02. The summed E-state index contributed by atoms with van der Waals surface area (Å²) >= 11 is 0. The van der Waals surface area contributed by atoms with E-state index in [-0.39, 0.29) is 11.9 Å². The zero-order valence-electron chi connectivity index (χ0n) is 9.19. The summed E-state index contributed by atoms with van der Waals surface area (Å²) in [4.78, 5) is 13.6. The van der Waals surface area contributed by atoms with Gasteiger partial charge in [-0.2, -0.15) is 0 Å². The van der Waals surface area contributed by atoms with E-state index in [1.807, 2.05) is 0 Å². The van der Waals surface area contributed by atoms with Crippen molar-refractivity contribution in [1.29, 1.82) is 0 Å². The van der Waals surface area contributed by atoms with Gasteiger partial charge in [0.15, 0.2) is 0 Å². The Morgan fingerprint density at radius 2 is 2.00 bits per heavy atom. The first-order valence-corrected chi connectivity index (χ1v) is 5.99. The van der Waals surface area contributed by atoms with Crippen molar-refractivity contribution in [3.05, 3.63) is 0 Å². The maximum Gasteiger partial charge on any atom is 0.234 e. The molecule has 2 fully saturated rings. The Bertz CT molecular complexity index is 244. The van der Waals surface area contributed by atoms with E-state index in [9.17, 15) is 4.79 Å². The van der Waals surface area contributed by atoms with Gasteiger partial charge in [0.1, 0.15) is 0 Å². The van der Waals surface area contributed by atoms with Crippen LogP contribution in [0.3, 0.4) is 0 Å². The Morgan fingerprint density at radius 1 is 1.20 bits per heavy atom. The second-order valence-electron chi connectivity index (χ2n) is 4.88. The summed E-state index contributed by atoms with van der Waals surface area (Å²) in [6.07, 6.45) is 6.56. The molecule has 0 bridgehead atoms. The first kappa shape index (κ1) is 10.9. The lowest BCUT2D eigenvalue weighted by atomic mass is 9.90. The first-order valence-electron chi connectivity index (χ1n) is 5.99. The van der Waals surface area contributed by atoms with Gasteiger partial charge in [0, 0.05) is 12.1 Å². The van der Waals surface area contributed by atoms with Crippen LogP contribution in [0.25, 0.3) is 0 Å². The van der Waals surface area contributed by atoms with E-state index >= 15 is 0 Å². The standard InChI is InChI=1S/C11H21N3O/c12-8-3-1-4-9(7-8)14-6-2-5-10(14)11(13)15/h8-10H,1-7,12H2,(H2,13,15). The van der Waals surface area contributed by atoms with Crippen molar-refractivity contribution < 1.29 is 4.79 Å². The normalized spacial score (nSPS) is 38.1. The molecular formula is C11H21N3O. The molecule has 0 aromatic carbocycles. The number of hydrogen-bond donors (Lipinski definition) is 2. The second-order valence-corrected chi connectivity index (χ2v) is 4.88. The van der Waals surface area contributed by atoms with Crippen LogP contribution in [0.1, 0.15) is 38.5 Å². The summed E-state index contributed by atoms with van der Waals surface area (Å²) in [5, 5.41) is 0. The van der Waals surface area contributed by atoms with Crippen molar-refractivity contribution in [3.63, 3.8) is 0 Å². The molecule has 0 radical (unpaired) electrons. The van der Waals surface area contributed by atoms with Gasteiger partial charge in [0.2, 0.25) is 5.91 Å². The third kappa shape index (κ3) is 2.32. The quantitative estimate of drug-likeness (QED) is 0.685. The smallest absolute Gasteiger partial charge is 0.234 e. The van der Waals surface area contributed by atoms with Crippen LogP contribution in [0, 0.1) is 0 Å². The zero-order valence-corrected chi connectivity index (χ0v) is 9.19. The number of amides is 1. The van der Waals surface area contributed by atoms with Crippen molar-refractivity contribution in [1.82, 2.24) is 4.90 Å². The summed E-state index contributed by atoms with van der Waals surface area (Å²) in [5.41, 5.74) is 11.4. The molecule has 15 heavy (non-hydrogen) atoms. The molecular weight excluding hydrogens is 190 g/mol. The molecule has 3 unspecified atom stereocenters. The molecule has 2 rings (SSSR count). The van der Waals surface area contributed by atoms with Crippen molar-refractivity contribution in [2.75, 3.05) is 6.54 Å². The molecule has 1 saturated heterocycles. The van der Waals surface area contributed by atoms with Crippen LogP contribution < -0.4 is 11.5 Å². The van der Waals surface area contributed by atoms with Crippen molar-refractivity contribution >= 4 is 5.91 Å². The van der Waals surface area contributed by atoms with Gasteiger partial charge in [0.05, 0.1) is 6.04 Å². The topological polar surface area (TPSA) is 72.4 Å². The van der Waals surface area contributed by atoms with E-state index in [2.05, 4.69) is 4.90 Å². The van der Waals surface area contributed by atoms with Crippen molar-refractivity contribution in [2.24, 2.45) is 11.5 Å². The van der Waals surface area contributed by atoms with Crippen LogP contribution in [0.15, 0.2) is 0 Å². The molecule has 0 aromatic heterocycles. The number of likely N-dealkylation sites (tertiary alicyclic amines) is 1. The van der Waals surface area contributed by atoms with Gasteiger partial charge >= 0.3 is 0 Å². The lowest BCUT2D eigenvalue weighted by Gasteiger charge is -2.36. The minimum Gasteiger partial charge on any atom is -0.368 e. The van der Waals surface area contributed by atoms with E-state index in [1.54, 1.807) is 0 Å². The molecule has 4 N–H and O–H groups in total. The van der Waals surface area contributed by atoms with Crippen LogP contribution in [0.2, 0.25) is 0 Å². The molecule has 4 heteroatoms. The minimum absolute atomic E-state index is 0.0275. The summed E-state index contributed by atoms with van der Waals surface area (Å²) in [6, 6.07) is 0.784. The lowest BCUT2D eigenvalue weighted by Crippen LogP contribution is -2.49. The van der Waals surface area contributed by atoms with Crippen molar-refractivity contribution in [2.45, 2.75) is 56.7 Å². The highest BCUT2D eigenvalue weighted by Crippen LogP contribution is 2.28. The summed E-state index contributed by atoms with van der Waals surface area (Å²) in [7, 11) is 0. The molecule has 0 aromatic rings. The number of nitrogens with zero attached hydrogens (tertiary/aromatic N) is 1. The zero-order chi connectivity index (χ0) is 10.8. The van der Waals surface area contributed by atoms with Crippen molar-refractivity contribution in [3.8, 4) is 0 Å². The molecule has 1 amide bonds. The molecule has 1 aliphatic heterocycles. The fourth-order valence-corrected chi connectivity index (χ4v) is 3.03. The number of primary amides is 1. The van der Waals surface area contributed by atoms with E-state index in [1.165, 1.54) is 12.8 Å². The van der Waals surface area contributed by atoms with Gasteiger partial charge in [-0.3, -0.25) is 9.69 Å². The number of hydrogen-bond acceptors (Lipinski definition) is 3. The molecule has 86 valence electrons. The Morgan fingerprint density at radius 3 is 2.67 bits per heavy atom. The molecule has 4 nitrogen and oxygen atoms in total. The van der Waals surface area contributed by atoms with Gasteiger partial charge in [-0.1, -0.05) is 6.42 Å².